The molecule has 0 N–H and O–H groups in total. The zero-order valence-corrected chi connectivity index (χ0v) is 3.66. The maximum Gasteiger partial charge on any atom is 0.196 e. The van der Waals surface area contributed by atoms with Crippen molar-refractivity contribution in [2.24, 2.45) is 5.18 Å². The van der Waals surface area contributed by atoms with Crippen LogP contribution in [0.3, 0.4) is 0 Å². The number of nitriles is 1. The zero-order valence-electron chi connectivity index (χ0n) is 3.66. The monoisotopic (exact) mass is 96.0 g/mol. The van der Waals surface area contributed by atoms with Gasteiger partial charge in [0.1, 0.15) is 0 Å². The Balaban J connectivity index is 3.65. The molecule has 36 valence electrons. The van der Waals surface area contributed by atoms with Gasteiger partial charge in [-0.05, 0) is 11.3 Å². The molecular formula is C4H4N2O. The van der Waals surface area contributed by atoms with Crippen molar-refractivity contribution in [1.82, 2.24) is 0 Å². The lowest BCUT2D eigenvalue weighted by Gasteiger charge is -1.79. The number of hydrogen-bond donors (Lipinski definition) is 0. The number of hydrogen-bond acceptors (Lipinski definition) is 3. The molecule has 1 unspecified atom stereocenters. The topological polar surface area (TPSA) is 53.2 Å². The van der Waals surface area contributed by atoms with Crippen LogP contribution < -0.4 is 0 Å². The molecule has 0 fully saturated rings. The van der Waals surface area contributed by atoms with Gasteiger partial charge in [-0.15, -0.1) is 4.91 Å². The lowest BCUT2D eigenvalue weighted by atomic mass is 10.4. The summed E-state index contributed by atoms with van der Waals surface area (Å²) in [6.07, 6.45) is 1.19. The van der Waals surface area contributed by atoms with Gasteiger partial charge in [0.2, 0.25) is 0 Å². The van der Waals surface area contributed by atoms with E-state index in [1.54, 1.807) is 6.07 Å². The van der Waals surface area contributed by atoms with Crippen LogP contribution in [-0.2, 0) is 0 Å². The summed E-state index contributed by atoms with van der Waals surface area (Å²) in [5, 5.41) is 10.3. The van der Waals surface area contributed by atoms with E-state index < -0.39 is 6.04 Å². The Hall–Kier alpha value is -1.17. The number of rotatable bonds is 2. The molecule has 0 aromatic heterocycles. The van der Waals surface area contributed by atoms with E-state index in [-0.39, 0.29) is 0 Å². The van der Waals surface area contributed by atoms with Crippen LogP contribution in [0.1, 0.15) is 0 Å². The average Bonchev–Trinajstić information content (AvgIpc) is 1.72. The van der Waals surface area contributed by atoms with E-state index in [4.69, 9.17) is 5.26 Å². The summed E-state index contributed by atoms with van der Waals surface area (Å²) in [5.41, 5.74) is 0. The molecule has 0 saturated carbocycles. The predicted molar refractivity (Wildman–Crippen MR) is 25.4 cm³/mol. The smallest absolute Gasteiger partial charge is 0.195 e. The lowest BCUT2D eigenvalue weighted by molar-refractivity contribution is 1.03. The molecule has 0 aromatic carbocycles. The maximum absolute atomic E-state index is 9.42. The first-order valence-corrected chi connectivity index (χ1v) is 1.69. The van der Waals surface area contributed by atoms with E-state index in [1.807, 2.05) is 0 Å². The van der Waals surface area contributed by atoms with Crippen molar-refractivity contribution < 1.29 is 0 Å². The second-order valence-electron chi connectivity index (χ2n) is 0.915. The minimum atomic E-state index is -0.875. The first-order chi connectivity index (χ1) is 3.35. The van der Waals surface area contributed by atoms with Crippen LogP contribution in [0.4, 0.5) is 0 Å². The van der Waals surface area contributed by atoms with Gasteiger partial charge in [-0.25, -0.2) is 0 Å². The summed E-state index contributed by atoms with van der Waals surface area (Å²) in [6, 6.07) is 0.729. The highest BCUT2D eigenvalue weighted by Gasteiger charge is 1.94. The Morgan fingerprint density at radius 2 is 2.57 bits per heavy atom. The Bertz CT molecular complexity index is 105. The highest BCUT2D eigenvalue weighted by atomic mass is 16.3. The summed E-state index contributed by atoms with van der Waals surface area (Å²) >= 11 is 0. The summed E-state index contributed by atoms with van der Waals surface area (Å²) in [6.45, 7) is 3.19. The van der Waals surface area contributed by atoms with Crippen molar-refractivity contribution in [3.8, 4) is 6.07 Å². The van der Waals surface area contributed by atoms with E-state index in [0.29, 0.717) is 0 Å². The summed E-state index contributed by atoms with van der Waals surface area (Å²) in [5.74, 6) is 0. The maximum atomic E-state index is 9.42. The SMILES string of the molecule is C=CC(C#N)N=O. The molecule has 0 amide bonds. The Kier molecular flexibility index (Phi) is 2.53. The first kappa shape index (κ1) is 5.83. The van der Waals surface area contributed by atoms with Gasteiger partial charge >= 0.3 is 0 Å². The summed E-state index contributed by atoms with van der Waals surface area (Å²) in [7, 11) is 0. The molecule has 0 spiro atoms. The molecule has 0 saturated heterocycles. The van der Waals surface area contributed by atoms with Gasteiger partial charge in [0.05, 0.1) is 6.07 Å². The molecule has 3 heteroatoms. The molecule has 0 heterocycles. The van der Waals surface area contributed by atoms with Crippen LogP contribution in [0.5, 0.6) is 0 Å². The lowest BCUT2D eigenvalue weighted by Crippen LogP contribution is -1.89. The van der Waals surface area contributed by atoms with Crippen LogP contribution >= 0.6 is 0 Å². The molecule has 0 aliphatic rings. The molecule has 3 nitrogen and oxygen atoms in total. The van der Waals surface area contributed by atoms with Gasteiger partial charge in [-0.3, -0.25) is 0 Å². The average molecular weight is 96.1 g/mol. The molecule has 0 aliphatic carbocycles. The fourth-order valence-electron chi connectivity index (χ4n) is 0.119. The van der Waals surface area contributed by atoms with Crippen LogP contribution in [0.25, 0.3) is 0 Å². The Morgan fingerprint density at radius 3 is 2.57 bits per heavy atom. The van der Waals surface area contributed by atoms with E-state index >= 15 is 0 Å². The van der Waals surface area contributed by atoms with E-state index in [9.17, 15) is 4.91 Å². The quantitative estimate of drug-likeness (QED) is 0.377. The molecule has 0 rings (SSSR count). The van der Waals surface area contributed by atoms with Gasteiger partial charge in [0, 0.05) is 0 Å². The first-order valence-electron chi connectivity index (χ1n) is 1.69. The van der Waals surface area contributed by atoms with Crippen molar-refractivity contribution in [3.05, 3.63) is 17.6 Å². The minimum Gasteiger partial charge on any atom is -0.195 e. The van der Waals surface area contributed by atoms with Crippen molar-refractivity contribution in [1.29, 1.82) is 5.26 Å². The fraction of sp³-hybridized carbons (Fsp3) is 0.250. The van der Waals surface area contributed by atoms with Gasteiger partial charge in [-0.1, -0.05) is 6.58 Å². The largest absolute Gasteiger partial charge is 0.196 e. The van der Waals surface area contributed by atoms with Crippen molar-refractivity contribution in [3.63, 3.8) is 0 Å². The fourth-order valence-corrected chi connectivity index (χ4v) is 0.119. The van der Waals surface area contributed by atoms with Gasteiger partial charge < -0.3 is 0 Å². The van der Waals surface area contributed by atoms with Crippen LogP contribution in [-0.4, -0.2) is 6.04 Å². The van der Waals surface area contributed by atoms with Crippen molar-refractivity contribution in [2.45, 2.75) is 6.04 Å². The highest BCUT2D eigenvalue weighted by molar-refractivity contribution is 5.01. The van der Waals surface area contributed by atoms with Gasteiger partial charge in [0.25, 0.3) is 0 Å². The highest BCUT2D eigenvalue weighted by Crippen LogP contribution is 1.84. The molecule has 7 heavy (non-hydrogen) atoms. The second-order valence-corrected chi connectivity index (χ2v) is 0.915. The molecule has 0 bridgehead atoms. The van der Waals surface area contributed by atoms with Crippen molar-refractivity contribution >= 4 is 0 Å². The Labute approximate surface area is 41.2 Å². The van der Waals surface area contributed by atoms with E-state index in [2.05, 4.69) is 11.8 Å². The minimum absolute atomic E-state index is 0.875. The third kappa shape index (κ3) is 1.66. The second kappa shape index (κ2) is 3.04. The zero-order chi connectivity index (χ0) is 5.70. The van der Waals surface area contributed by atoms with Crippen LogP contribution in [0, 0.1) is 16.2 Å². The molecule has 0 aliphatic heterocycles. The number of nitrogens with zero attached hydrogens (tertiary/aromatic N) is 2. The van der Waals surface area contributed by atoms with Crippen molar-refractivity contribution in [2.75, 3.05) is 0 Å². The number of nitroso groups, excluding NO2 is 1. The molecule has 0 radical (unpaired) electrons. The summed E-state index contributed by atoms with van der Waals surface area (Å²) in [4.78, 5) is 9.42. The van der Waals surface area contributed by atoms with E-state index in [0.717, 1.165) is 0 Å². The third-order valence-electron chi connectivity index (χ3n) is 0.469. The Morgan fingerprint density at radius 1 is 2.00 bits per heavy atom. The van der Waals surface area contributed by atoms with Gasteiger partial charge in [0.15, 0.2) is 6.04 Å². The normalized spacial score (nSPS) is 11.3. The molecule has 0 aromatic rings. The van der Waals surface area contributed by atoms with Gasteiger partial charge in [-0.2, -0.15) is 5.26 Å². The van der Waals surface area contributed by atoms with Crippen LogP contribution in [0.2, 0.25) is 0 Å². The van der Waals surface area contributed by atoms with E-state index in [1.165, 1.54) is 6.08 Å². The summed E-state index contributed by atoms with van der Waals surface area (Å²) < 4.78 is 0. The predicted octanol–water partition coefficient (Wildman–Crippen LogP) is 0.831. The molecular weight excluding hydrogens is 92.1 g/mol. The third-order valence-corrected chi connectivity index (χ3v) is 0.469. The standard InChI is InChI=1S/C4H4N2O/c1-2-4(3-5)6-7/h2,4H,1H2. The molecule has 1 atom stereocenters. The van der Waals surface area contributed by atoms with Crippen LogP contribution in [0.15, 0.2) is 17.8 Å².